The second-order valence-corrected chi connectivity index (χ2v) is 3.51. The van der Waals surface area contributed by atoms with Crippen LogP contribution in [0.4, 0.5) is 0 Å². The zero-order valence-electron chi connectivity index (χ0n) is 8.43. The van der Waals surface area contributed by atoms with E-state index < -0.39 is 6.10 Å². The van der Waals surface area contributed by atoms with Crippen LogP contribution in [0, 0.1) is 0 Å². The van der Waals surface area contributed by atoms with Gasteiger partial charge in [0.25, 0.3) is 0 Å². The predicted molar refractivity (Wildman–Crippen MR) is 60.4 cm³/mol. The third-order valence-electron chi connectivity index (χ3n) is 2.48. The van der Waals surface area contributed by atoms with Gasteiger partial charge in [0, 0.05) is 11.6 Å². The fourth-order valence-electron chi connectivity index (χ4n) is 1.72. The lowest BCUT2D eigenvalue weighted by molar-refractivity contribution is 0.172. The van der Waals surface area contributed by atoms with Gasteiger partial charge in [-0.2, -0.15) is 0 Å². The largest absolute Gasteiger partial charge is 0.388 e. The zero-order chi connectivity index (χ0) is 10.7. The van der Waals surface area contributed by atoms with Crippen LogP contribution in [0.25, 0.3) is 10.9 Å². The number of aliphatic hydroxyl groups excluding tert-OH is 1. The van der Waals surface area contributed by atoms with Crippen molar-refractivity contribution in [2.45, 2.75) is 12.5 Å². The van der Waals surface area contributed by atoms with Crippen molar-refractivity contribution in [3.05, 3.63) is 42.1 Å². The number of hydrogen-bond acceptors (Lipinski definition) is 3. The monoisotopic (exact) mass is 202 g/mol. The van der Waals surface area contributed by atoms with Crippen molar-refractivity contribution in [1.29, 1.82) is 0 Å². The van der Waals surface area contributed by atoms with Gasteiger partial charge in [-0.05, 0) is 30.7 Å². The van der Waals surface area contributed by atoms with Gasteiger partial charge in [0.15, 0.2) is 0 Å². The maximum Gasteiger partial charge on any atom is 0.0809 e. The van der Waals surface area contributed by atoms with Crippen LogP contribution in [0.3, 0.4) is 0 Å². The minimum atomic E-state index is -0.497. The van der Waals surface area contributed by atoms with Crippen molar-refractivity contribution in [3.63, 3.8) is 0 Å². The summed E-state index contributed by atoms with van der Waals surface area (Å²) in [5, 5.41) is 10.9. The van der Waals surface area contributed by atoms with Crippen molar-refractivity contribution in [3.8, 4) is 0 Å². The smallest absolute Gasteiger partial charge is 0.0809 e. The summed E-state index contributed by atoms with van der Waals surface area (Å²) in [5.74, 6) is 0. The molecule has 3 nitrogen and oxygen atoms in total. The molecule has 0 spiro atoms. The van der Waals surface area contributed by atoms with Gasteiger partial charge in [0.05, 0.1) is 11.6 Å². The molecule has 1 heterocycles. The average Bonchev–Trinajstić information content (AvgIpc) is 2.28. The van der Waals surface area contributed by atoms with E-state index in [1.165, 1.54) is 0 Å². The highest BCUT2D eigenvalue weighted by atomic mass is 16.3. The molecule has 3 N–H and O–H groups in total. The summed E-state index contributed by atoms with van der Waals surface area (Å²) in [5.41, 5.74) is 7.25. The van der Waals surface area contributed by atoms with Crippen molar-refractivity contribution in [2.24, 2.45) is 5.73 Å². The molecule has 1 atom stereocenters. The molecule has 0 aliphatic rings. The van der Waals surface area contributed by atoms with Crippen LogP contribution in [0.2, 0.25) is 0 Å². The summed E-state index contributed by atoms with van der Waals surface area (Å²) < 4.78 is 0. The molecular formula is C12H14N2O. The molecule has 0 aliphatic carbocycles. The van der Waals surface area contributed by atoms with E-state index in [0.29, 0.717) is 13.0 Å². The molecule has 78 valence electrons. The number of nitrogens with two attached hydrogens (primary N) is 1. The Balaban J connectivity index is 2.50. The Bertz CT molecular complexity index is 451. The first kappa shape index (κ1) is 10.1. The first-order chi connectivity index (χ1) is 7.33. The fourth-order valence-corrected chi connectivity index (χ4v) is 1.72. The van der Waals surface area contributed by atoms with Crippen LogP contribution in [-0.4, -0.2) is 16.6 Å². The van der Waals surface area contributed by atoms with Crippen LogP contribution in [0.15, 0.2) is 36.5 Å². The molecule has 0 aliphatic heterocycles. The summed E-state index contributed by atoms with van der Waals surface area (Å²) in [6, 6.07) is 9.64. The Labute approximate surface area is 88.6 Å². The molecular weight excluding hydrogens is 188 g/mol. The molecule has 0 saturated heterocycles. The lowest BCUT2D eigenvalue weighted by atomic mass is 10.0. The zero-order valence-corrected chi connectivity index (χ0v) is 8.43. The van der Waals surface area contributed by atoms with Gasteiger partial charge in [-0.1, -0.05) is 18.2 Å². The molecule has 2 rings (SSSR count). The predicted octanol–water partition coefficient (Wildman–Crippen LogP) is 1.62. The van der Waals surface area contributed by atoms with E-state index in [-0.39, 0.29) is 0 Å². The Morgan fingerprint density at radius 3 is 2.87 bits per heavy atom. The number of nitrogens with zero attached hydrogens (tertiary/aromatic N) is 1. The molecule has 3 heteroatoms. The molecule has 0 radical (unpaired) electrons. The van der Waals surface area contributed by atoms with Crippen LogP contribution in [0.1, 0.15) is 18.1 Å². The van der Waals surface area contributed by atoms with Crippen LogP contribution < -0.4 is 5.73 Å². The summed E-state index contributed by atoms with van der Waals surface area (Å²) in [7, 11) is 0. The van der Waals surface area contributed by atoms with Gasteiger partial charge >= 0.3 is 0 Å². The van der Waals surface area contributed by atoms with E-state index in [9.17, 15) is 5.11 Å². The van der Waals surface area contributed by atoms with E-state index >= 15 is 0 Å². The first-order valence-electron chi connectivity index (χ1n) is 5.04. The Kier molecular flexibility index (Phi) is 2.94. The second-order valence-electron chi connectivity index (χ2n) is 3.51. The Hall–Kier alpha value is -1.45. The molecule has 0 amide bonds. The Morgan fingerprint density at radius 1 is 1.27 bits per heavy atom. The topological polar surface area (TPSA) is 59.1 Å². The van der Waals surface area contributed by atoms with Crippen molar-refractivity contribution >= 4 is 10.9 Å². The highest BCUT2D eigenvalue weighted by Gasteiger charge is 2.09. The molecule has 2 aromatic rings. The standard InChI is InChI=1S/C12H14N2O/c13-7-5-12(15)10-6-8-14-11-4-2-1-3-9(10)11/h1-4,6,8,12,15H,5,7,13H2/t12-/m0/s1. The van der Waals surface area contributed by atoms with E-state index in [1.807, 2.05) is 30.3 Å². The van der Waals surface area contributed by atoms with Crippen molar-refractivity contribution in [2.75, 3.05) is 6.54 Å². The number of rotatable bonds is 3. The summed E-state index contributed by atoms with van der Waals surface area (Å²) in [6.45, 7) is 0.484. The van der Waals surface area contributed by atoms with E-state index in [0.717, 1.165) is 16.5 Å². The SMILES string of the molecule is NCC[C@H](O)c1ccnc2ccccc12. The molecule has 0 fully saturated rings. The van der Waals surface area contributed by atoms with Gasteiger partial charge in [0.2, 0.25) is 0 Å². The molecule has 1 aromatic heterocycles. The van der Waals surface area contributed by atoms with Crippen molar-refractivity contribution < 1.29 is 5.11 Å². The number of para-hydroxylation sites is 1. The third kappa shape index (κ3) is 1.98. The molecule has 0 unspecified atom stereocenters. The van der Waals surface area contributed by atoms with Gasteiger partial charge < -0.3 is 10.8 Å². The van der Waals surface area contributed by atoms with Gasteiger partial charge in [-0.15, -0.1) is 0 Å². The quantitative estimate of drug-likeness (QED) is 0.795. The number of pyridine rings is 1. The summed E-state index contributed by atoms with van der Waals surface area (Å²) in [6.07, 6.45) is 1.80. The molecule has 0 bridgehead atoms. The van der Waals surface area contributed by atoms with E-state index in [2.05, 4.69) is 4.98 Å². The maximum atomic E-state index is 9.91. The van der Waals surface area contributed by atoms with Crippen LogP contribution in [-0.2, 0) is 0 Å². The molecule has 1 aromatic carbocycles. The fraction of sp³-hybridized carbons (Fsp3) is 0.250. The van der Waals surface area contributed by atoms with E-state index in [1.54, 1.807) is 6.20 Å². The highest BCUT2D eigenvalue weighted by molar-refractivity contribution is 5.82. The maximum absolute atomic E-state index is 9.91. The lowest BCUT2D eigenvalue weighted by Crippen LogP contribution is -2.07. The number of fused-ring (bicyclic) bond motifs is 1. The van der Waals surface area contributed by atoms with Gasteiger partial charge in [-0.25, -0.2) is 0 Å². The van der Waals surface area contributed by atoms with Crippen LogP contribution >= 0.6 is 0 Å². The average molecular weight is 202 g/mol. The summed E-state index contributed by atoms with van der Waals surface area (Å²) in [4.78, 5) is 4.24. The molecule has 0 saturated carbocycles. The number of aromatic nitrogens is 1. The minimum Gasteiger partial charge on any atom is -0.388 e. The minimum absolute atomic E-state index is 0.484. The lowest BCUT2D eigenvalue weighted by Gasteiger charge is -2.11. The number of aliphatic hydroxyl groups is 1. The Morgan fingerprint density at radius 2 is 2.07 bits per heavy atom. The third-order valence-corrected chi connectivity index (χ3v) is 2.48. The first-order valence-corrected chi connectivity index (χ1v) is 5.04. The molecule has 15 heavy (non-hydrogen) atoms. The number of benzene rings is 1. The normalized spacial score (nSPS) is 12.9. The van der Waals surface area contributed by atoms with E-state index in [4.69, 9.17) is 5.73 Å². The highest BCUT2D eigenvalue weighted by Crippen LogP contribution is 2.24. The van der Waals surface area contributed by atoms with Gasteiger partial charge in [-0.3, -0.25) is 4.98 Å². The number of hydrogen-bond donors (Lipinski definition) is 2. The summed E-state index contributed by atoms with van der Waals surface area (Å²) >= 11 is 0. The second kappa shape index (κ2) is 4.38. The van der Waals surface area contributed by atoms with Crippen molar-refractivity contribution in [1.82, 2.24) is 4.98 Å². The van der Waals surface area contributed by atoms with Gasteiger partial charge in [0.1, 0.15) is 0 Å². The van der Waals surface area contributed by atoms with Crippen LogP contribution in [0.5, 0.6) is 0 Å².